The summed E-state index contributed by atoms with van der Waals surface area (Å²) in [6.45, 7) is 4.68. The fourth-order valence-electron chi connectivity index (χ4n) is 3.65. The largest absolute Gasteiger partial charge is 0.465 e. The predicted molar refractivity (Wildman–Crippen MR) is 104 cm³/mol. The van der Waals surface area contributed by atoms with Crippen LogP contribution in [0.2, 0.25) is 0 Å². The molecule has 0 atom stereocenters. The number of carbonyl (C=O) groups excluding carboxylic acids is 2. The topological polar surface area (TPSA) is 113 Å². The summed E-state index contributed by atoms with van der Waals surface area (Å²) in [7, 11) is -2.67. The van der Waals surface area contributed by atoms with Crippen LogP contribution in [0.3, 0.4) is 0 Å². The van der Waals surface area contributed by atoms with Gasteiger partial charge < -0.3 is 14.5 Å². The number of ether oxygens (including phenoxy) is 1. The SMILES string of the molecule is COC(=O)c1cc(S(N)(=O)=O)ccc1N1CCN(CC(=O)N2CCCC2)CC1. The van der Waals surface area contributed by atoms with Gasteiger partial charge in [-0.15, -0.1) is 0 Å². The number of rotatable bonds is 5. The van der Waals surface area contributed by atoms with E-state index in [9.17, 15) is 18.0 Å². The third kappa shape index (κ3) is 4.62. The van der Waals surface area contributed by atoms with Crippen molar-refractivity contribution in [1.82, 2.24) is 9.80 Å². The van der Waals surface area contributed by atoms with Gasteiger partial charge in [0.2, 0.25) is 15.9 Å². The molecule has 2 saturated heterocycles. The molecule has 0 radical (unpaired) electrons. The number of piperazine rings is 1. The first-order chi connectivity index (χ1) is 13.3. The fourth-order valence-corrected chi connectivity index (χ4v) is 4.19. The zero-order chi connectivity index (χ0) is 20.3. The van der Waals surface area contributed by atoms with Gasteiger partial charge in [-0.05, 0) is 31.0 Å². The second-order valence-electron chi connectivity index (χ2n) is 7.07. The highest BCUT2D eigenvalue weighted by Crippen LogP contribution is 2.26. The Morgan fingerprint density at radius 2 is 1.71 bits per heavy atom. The van der Waals surface area contributed by atoms with Crippen molar-refractivity contribution in [2.45, 2.75) is 17.7 Å². The number of primary sulfonamides is 1. The first kappa shape index (κ1) is 20.6. The maximum Gasteiger partial charge on any atom is 0.340 e. The summed E-state index contributed by atoms with van der Waals surface area (Å²) >= 11 is 0. The number of carbonyl (C=O) groups is 2. The van der Waals surface area contributed by atoms with E-state index in [1.807, 2.05) is 9.80 Å². The van der Waals surface area contributed by atoms with Crippen molar-refractivity contribution in [3.63, 3.8) is 0 Å². The first-order valence-electron chi connectivity index (χ1n) is 9.30. The molecule has 154 valence electrons. The number of nitrogens with two attached hydrogens (primary N) is 1. The van der Waals surface area contributed by atoms with Crippen LogP contribution in [-0.4, -0.2) is 83.0 Å². The number of sulfonamides is 1. The Labute approximate surface area is 165 Å². The van der Waals surface area contributed by atoms with Gasteiger partial charge in [-0.3, -0.25) is 9.69 Å². The molecule has 1 aromatic carbocycles. The molecule has 0 spiro atoms. The number of benzene rings is 1. The van der Waals surface area contributed by atoms with Gasteiger partial charge in [0.05, 0.1) is 29.8 Å². The summed E-state index contributed by atoms with van der Waals surface area (Å²) < 4.78 is 28.0. The van der Waals surface area contributed by atoms with Gasteiger partial charge in [-0.25, -0.2) is 18.4 Å². The van der Waals surface area contributed by atoms with Crippen molar-refractivity contribution in [3.05, 3.63) is 23.8 Å². The average Bonchev–Trinajstić information content (AvgIpc) is 3.22. The Bertz CT molecular complexity index is 844. The van der Waals surface area contributed by atoms with Gasteiger partial charge in [0.1, 0.15) is 0 Å². The van der Waals surface area contributed by atoms with Crippen molar-refractivity contribution in [2.75, 3.05) is 57.8 Å². The molecule has 3 rings (SSSR count). The molecule has 0 bridgehead atoms. The number of amides is 1. The number of esters is 1. The Hall–Kier alpha value is -2.17. The molecule has 2 N–H and O–H groups in total. The monoisotopic (exact) mass is 410 g/mol. The average molecular weight is 410 g/mol. The number of anilines is 1. The summed E-state index contributed by atoms with van der Waals surface area (Å²) in [6, 6.07) is 4.22. The highest BCUT2D eigenvalue weighted by molar-refractivity contribution is 7.89. The molecular formula is C18H26N4O5S. The van der Waals surface area contributed by atoms with Gasteiger partial charge in [0, 0.05) is 39.3 Å². The molecule has 2 aliphatic rings. The van der Waals surface area contributed by atoms with Crippen LogP contribution in [0.15, 0.2) is 23.1 Å². The number of likely N-dealkylation sites (tertiary alicyclic amines) is 1. The lowest BCUT2D eigenvalue weighted by Crippen LogP contribution is -2.50. The van der Waals surface area contributed by atoms with Crippen LogP contribution in [0.1, 0.15) is 23.2 Å². The van der Waals surface area contributed by atoms with E-state index < -0.39 is 16.0 Å². The van der Waals surface area contributed by atoms with E-state index >= 15 is 0 Å². The molecule has 9 nitrogen and oxygen atoms in total. The minimum absolute atomic E-state index is 0.133. The summed E-state index contributed by atoms with van der Waals surface area (Å²) in [4.78, 5) is 30.4. The lowest BCUT2D eigenvalue weighted by atomic mass is 10.1. The number of hydrogen-bond acceptors (Lipinski definition) is 7. The van der Waals surface area contributed by atoms with Crippen molar-refractivity contribution >= 4 is 27.6 Å². The van der Waals surface area contributed by atoms with E-state index in [0.717, 1.165) is 25.9 Å². The number of hydrogen-bond donors (Lipinski definition) is 1. The predicted octanol–water partition coefficient (Wildman–Crippen LogP) is -0.135. The van der Waals surface area contributed by atoms with E-state index in [4.69, 9.17) is 9.88 Å². The van der Waals surface area contributed by atoms with Crippen LogP contribution >= 0.6 is 0 Å². The smallest absolute Gasteiger partial charge is 0.340 e. The van der Waals surface area contributed by atoms with Crippen LogP contribution < -0.4 is 10.0 Å². The van der Waals surface area contributed by atoms with Crippen LogP contribution in [0.25, 0.3) is 0 Å². The molecule has 1 aromatic rings. The molecule has 2 fully saturated rings. The molecule has 2 heterocycles. The normalized spacial score (nSPS) is 18.4. The zero-order valence-corrected chi connectivity index (χ0v) is 16.8. The molecule has 0 unspecified atom stereocenters. The van der Waals surface area contributed by atoms with Crippen LogP contribution in [-0.2, 0) is 19.6 Å². The second kappa shape index (κ2) is 8.46. The Kier molecular flexibility index (Phi) is 6.21. The summed E-state index contributed by atoms with van der Waals surface area (Å²) in [5.74, 6) is -0.453. The third-order valence-corrected chi connectivity index (χ3v) is 6.14. The molecule has 1 amide bonds. The summed E-state index contributed by atoms with van der Waals surface area (Å²) in [6.07, 6.45) is 2.15. The number of nitrogens with zero attached hydrogens (tertiary/aromatic N) is 3. The minimum atomic E-state index is -3.92. The van der Waals surface area contributed by atoms with Crippen molar-refractivity contribution in [3.8, 4) is 0 Å². The lowest BCUT2D eigenvalue weighted by Gasteiger charge is -2.37. The summed E-state index contributed by atoms with van der Waals surface area (Å²) in [5.41, 5.74) is 0.764. The highest BCUT2D eigenvalue weighted by Gasteiger charge is 2.26. The van der Waals surface area contributed by atoms with Gasteiger partial charge in [-0.2, -0.15) is 0 Å². The standard InChI is InChI=1S/C18H26N4O5S/c1-27-18(24)15-12-14(28(19,25)26)4-5-16(15)21-10-8-20(9-11-21)13-17(23)22-6-2-3-7-22/h4-5,12H,2-3,6-11,13H2,1H3,(H2,19,25,26). The second-order valence-corrected chi connectivity index (χ2v) is 8.63. The summed E-state index contributed by atoms with van der Waals surface area (Å²) in [5, 5.41) is 5.18. The third-order valence-electron chi connectivity index (χ3n) is 5.23. The van der Waals surface area contributed by atoms with E-state index in [1.165, 1.54) is 19.2 Å². The molecule has 0 aliphatic carbocycles. The van der Waals surface area contributed by atoms with E-state index in [0.29, 0.717) is 38.4 Å². The molecule has 28 heavy (non-hydrogen) atoms. The van der Waals surface area contributed by atoms with Gasteiger partial charge in [0.15, 0.2) is 0 Å². The van der Waals surface area contributed by atoms with Gasteiger partial charge >= 0.3 is 5.97 Å². The van der Waals surface area contributed by atoms with Crippen molar-refractivity contribution in [1.29, 1.82) is 0 Å². The highest BCUT2D eigenvalue weighted by atomic mass is 32.2. The molecule has 0 saturated carbocycles. The van der Waals surface area contributed by atoms with E-state index in [2.05, 4.69) is 4.90 Å². The first-order valence-corrected chi connectivity index (χ1v) is 10.8. The molecule has 10 heteroatoms. The van der Waals surface area contributed by atoms with Crippen LogP contribution in [0.5, 0.6) is 0 Å². The number of methoxy groups -OCH3 is 1. The molecule has 0 aromatic heterocycles. The fraction of sp³-hybridized carbons (Fsp3) is 0.556. The Morgan fingerprint density at radius 1 is 1.07 bits per heavy atom. The van der Waals surface area contributed by atoms with Crippen LogP contribution in [0.4, 0.5) is 5.69 Å². The Balaban J connectivity index is 1.69. The van der Waals surface area contributed by atoms with E-state index in [1.54, 1.807) is 6.07 Å². The molecule has 2 aliphatic heterocycles. The molecular weight excluding hydrogens is 384 g/mol. The lowest BCUT2D eigenvalue weighted by molar-refractivity contribution is -0.131. The van der Waals surface area contributed by atoms with Crippen molar-refractivity contribution in [2.24, 2.45) is 5.14 Å². The van der Waals surface area contributed by atoms with Gasteiger partial charge in [0.25, 0.3) is 0 Å². The Morgan fingerprint density at radius 3 is 2.29 bits per heavy atom. The van der Waals surface area contributed by atoms with E-state index in [-0.39, 0.29) is 16.4 Å². The minimum Gasteiger partial charge on any atom is -0.465 e. The quantitative estimate of drug-likeness (QED) is 0.673. The maximum atomic E-state index is 12.3. The van der Waals surface area contributed by atoms with Crippen molar-refractivity contribution < 1.29 is 22.7 Å². The maximum absolute atomic E-state index is 12.3. The van der Waals surface area contributed by atoms with Gasteiger partial charge in [-0.1, -0.05) is 0 Å². The zero-order valence-electron chi connectivity index (χ0n) is 16.0. The van der Waals surface area contributed by atoms with Crippen LogP contribution in [0, 0.1) is 0 Å².